The van der Waals surface area contributed by atoms with Gasteiger partial charge in [-0.2, -0.15) is 4.98 Å². The molecule has 0 aliphatic carbocycles. The number of nitrogens with one attached hydrogen (secondary N) is 2. The van der Waals surface area contributed by atoms with Crippen LogP contribution < -0.4 is 15.5 Å². The molecule has 1 aliphatic heterocycles. The number of carbonyl (C=O) groups is 1. The van der Waals surface area contributed by atoms with E-state index < -0.39 is 29.8 Å². The Kier molecular flexibility index (Phi) is 9.72. The largest absolute Gasteiger partial charge is 0.385 e. The maximum absolute atomic E-state index is 14.3. The molecular formula is C27H34F3N7O2. The van der Waals surface area contributed by atoms with E-state index in [1.807, 2.05) is 0 Å². The number of alkyl halides is 1. The zero-order valence-corrected chi connectivity index (χ0v) is 22.2. The number of carbonyl (C=O) groups excluding carboxylic acids is 1. The minimum absolute atomic E-state index is 0.263. The van der Waals surface area contributed by atoms with Gasteiger partial charge < -0.3 is 20.1 Å². The minimum Gasteiger partial charge on any atom is -0.385 e. The zero-order valence-electron chi connectivity index (χ0n) is 22.2. The van der Waals surface area contributed by atoms with Crippen molar-refractivity contribution in [2.75, 3.05) is 43.1 Å². The van der Waals surface area contributed by atoms with Crippen LogP contribution in [0.25, 0.3) is 11.4 Å². The number of halogens is 3. The van der Waals surface area contributed by atoms with Gasteiger partial charge in [-0.05, 0) is 49.7 Å². The van der Waals surface area contributed by atoms with E-state index in [2.05, 4.69) is 49.5 Å². The van der Waals surface area contributed by atoms with Crippen LogP contribution in [0.4, 0.5) is 24.8 Å². The fourth-order valence-electron chi connectivity index (χ4n) is 4.59. The van der Waals surface area contributed by atoms with Crippen LogP contribution in [0, 0.1) is 23.5 Å². The summed E-state index contributed by atoms with van der Waals surface area (Å²) in [5.41, 5.74) is 0.277. The molecule has 1 fully saturated rings. The van der Waals surface area contributed by atoms with E-state index in [-0.39, 0.29) is 12.2 Å². The fourth-order valence-corrected chi connectivity index (χ4v) is 4.59. The predicted octanol–water partition coefficient (Wildman–Crippen LogP) is 4.81. The SMILES string of the molecule is CC(C)Cc1nc(-c2cnc(N3CCC(CCCNc4cc(F)c(C(=O)NCCF)c(F)c4)CC3)nc2)no1. The van der Waals surface area contributed by atoms with Crippen LogP contribution in [0.5, 0.6) is 0 Å². The van der Waals surface area contributed by atoms with Crippen molar-refractivity contribution in [2.45, 2.75) is 46.0 Å². The van der Waals surface area contributed by atoms with E-state index in [9.17, 15) is 18.0 Å². The summed E-state index contributed by atoms with van der Waals surface area (Å²) in [4.78, 5) is 27.4. The molecule has 39 heavy (non-hydrogen) atoms. The van der Waals surface area contributed by atoms with Crippen molar-refractivity contribution < 1.29 is 22.5 Å². The summed E-state index contributed by atoms with van der Waals surface area (Å²) in [6.07, 6.45) is 7.98. The molecule has 3 aromatic rings. The van der Waals surface area contributed by atoms with Gasteiger partial charge in [0.1, 0.15) is 23.9 Å². The van der Waals surface area contributed by atoms with Gasteiger partial charge in [0.15, 0.2) is 0 Å². The van der Waals surface area contributed by atoms with Gasteiger partial charge in [-0.25, -0.2) is 23.1 Å². The van der Waals surface area contributed by atoms with Gasteiger partial charge in [0.25, 0.3) is 5.91 Å². The van der Waals surface area contributed by atoms with Crippen molar-refractivity contribution in [1.82, 2.24) is 25.4 Å². The molecule has 0 bridgehead atoms. The Bertz CT molecular complexity index is 1210. The van der Waals surface area contributed by atoms with E-state index >= 15 is 0 Å². The van der Waals surface area contributed by atoms with Crippen LogP contribution in [0.1, 0.15) is 55.8 Å². The first-order chi connectivity index (χ1) is 18.8. The van der Waals surface area contributed by atoms with Gasteiger partial charge in [0, 0.05) is 50.7 Å². The number of amides is 1. The number of piperidine rings is 1. The summed E-state index contributed by atoms with van der Waals surface area (Å²) >= 11 is 0. The molecule has 3 heterocycles. The summed E-state index contributed by atoms with van der Waals surface area (Å²) in [6.45, 7) is 5.33. The fraction of sp³-hybridized carbons (Fsp3) is 0.519. The number of hydrogen-bond acceptors (Lipinski definition) is 8. The van der Waals surface area contributed by atoms with Crippen molar-refractivity contribution in [3.05, 3.63) is 47.6 Å². The molecule has 2 N–H and O–H groups in total. The third-order valence-corrected chi connectivity index (χ3v) is 6.61. The molecular weight excluding hydrogens is 511 g/mol. The summed E-state index contributed by atoms with van der Waals surface area (Å²) in [5.74, 6) is -0.191. The average Bonchev–Trinajstić information content (AvgIpc) is 3.38. The average molecular weight is 546 g/mol. The highest BCUT2D eigenvalue weighted by Crippen LogP contribution is 2.25. The van der Waals surface area contributed by atoms with Crippen LogP contribution in [0.2, 0.25) is 0 Å². The van der Waals surface area contributed by atoms with Crippen LogP contribution in [-0.2, 0) is 6.42 Å². The Morgan fingerprint density at radius 2 is 1.82 bits per heavy atom. The first-order valence-corrected chi connectivity index (χ1v) is 13.3. The third-order valence-electron chi connectivity index (χ3n) is 6.61. The lowest BCUT2D eigenvalue weighted by Crippen LogP contribution is -2.34. The lowest BCUT2D eigenvalue weighted by Gasteiger charge is -2.32. The Morgan fingerprint density at radius 3 is 2.46 bits per heavy atom. The van der Waals surface area contributed by atoms with Crippen LogP contribution in [0.3, 0.4) is 0 Å². The van der Waals surface area contributed by atoms with E-state index in [4.69, 9.17) is 4.52 Å². The molecule has 210 valence electrons. The number of aromatic nitrogens is 4. The smallest absolute Gasteiger partial charge is 0.257 e. The normalized spacial score (nSPS) is 14.2. The molecule has 1 aliphatic rings. The maximum Gasteiger partial charge on any atom is 0.257 e. The molecule has 0 saturated carbocycles. The highest BCUT2D eigenvalue weighted by atomic mass is 19.1. The molecule has 4 rings (SSSR count). The summed E-state index contributed by atoms with van der Waals surface area (Å²) < 4.78 is 46.0. The van der Waals surface area contributed by atoms with E-state index in [0.717, 1.165) is 57.3 Å². The lowest BCUT2D eigenvalue weighted by atomic mass is 9.92. The van der Waals surface area contributed by atoms with Gasteiger partial charge in [-0.1, -0.05) is 19.0 Å². The Labute approximate surface area is 225 Å². The molecule has 0 unspecified atom stereocenters. The first-order valence-electron chi connectivity index (χ1n) is 13.3. The third kappa shape index (κ3) is 7.67. The van der Waals surface area contributed by atoms with Gasteiger partial charge in [0.05, 0.1) is 5.56 Å². The summed E-state index contributed by atoms with van der Waals surface area (Å²) in [7, 11) is 0. The van der Waals surface area contributed by atoms with E-state index in [0.29, 0.717) is 41.6 Å². The summed E-state index contributed by atoms with van der Waals surface area (Å²) in [5, 5.41) is 9.18. The van der Waals surface area contributed by atoms with Gasteiger partial charge in [-0.15, -0.1) is 0 Å². The Hall–Kier alpha value is -3.70. The lowest BCUT2D eigenvalue weighted by molar-refractivity contribution is 0.0942. The molecule has 1 amide bonds. The number of benzene rings is 1. The second kappa shape index (κ2) is 13.4. The minimum atomic E-state index is -0.982. The van der Waals surface area contributed by atoms with Crippen molar-refractivity contribution >= 4 is 17.5 Å². The van der Waals surface area contributed by atoms with Crippen molar-refractivity contribution in [1.29, 1.82) is 0 Å². The maximum atomic E-state index is 14.3. The second-order valence-electron chi connectivity index (χ2n) is 10.1. The number of nitrogens with zero attached hydrogens (tertiary/aromatic N) is 5. The Morgan fingerprint density at radius 1 is 1.13 bits per heavy atom. The van der Waals surface area contributed by atoms with Crippen LogP contribution in [-0.4, -0.2) is 58.9 Å². The van der Waals surface area contributed by atoms with Gasteiger partial charge in [-0.3, -0.25) is 4.79 Å². The molecule has 12 heteroatoms. The Balaban J connectivity index is 1.19. The predicted molar refractivity (Wildman–Crippen MR) is 141 cm³/mol. The standard InChI is InChI=1S/C27H34F3N7O2/c1-17(2)12-23-35-25(36-39-23)19-15-33-27(34-16-19)37-10-5-18(6-11-37)4-3-8-31-20-13-21(29)24(22(30)14-20)26(38)32-9-7-28/h13-18,31H,3-12H2,1-2H3,(H,32,38). The van der Waals surface area contributed by atoms with Gasteiger partial charge in [0.2, 0.25) is 17.7 Å². The monoisotopic (exact) mass is 545 g/mol. The van der Waals surface area contributed by atoms with E-state index in [1.54, 1.807) is 12.4 Å². The van der Waals surface area contributed by atoms with Crippen molar-refractivity contribution in [2.24, 2.45) is 11.8 Å². The van der Waals surface area contributed by atoms with Crippen molar-refractivity contribution in [3.63, 3.8) is 0 Å². The quantitative estimate of drug-likeness (QED) is 0.312. The molecule has 1 aromatic carbocycles. The highest BCUT2D eigenvalue weighted by Gasteiger charge is 2.22. The van der Waals surface area contributed by atoms with Crippen LogP contribution in [0.15, 0.2) is 29.0 Å². The molecule has 0 radical (unpaired) electrons. The first kappa shape index (κ1) is 28.3. The topological polar surface area (TPSA) is 109 Å². The molecule has 1 saturated heterocycles. The number of anilines is 2. The molecule has 2 aromatic heterocycles. The van der Waals surface area contributed by atoms with Gasteiger partial charge >= 0.3 is 0 Å². The van der Waals surface area contributed by atoms with E-state index in [1.165, 1.54) is 0 Å². The molecule has 9 nitrogen and oxygen atoms in total. The zero-order chi connectivity index (χ0) is 27.8. The highest BCUT2D eigenvalue weighted by molar-refractivity contribution is 5.95. The molecule has 0 atom stereocenters. The number of rotatable bonds is 12. The number of hydrogen-bond donors (Lipinski definition) is 2. The summed E-state index contributed by atoms with van der Waals surface area (Å²) in [6, 6.07) is 2.17. The molecule has 0 spiro atoms. The van der Waals surface area contributed by atoms with Crippen molar-refractivity contribution in [3.8, 4) is 11.4 Å². The second-order valence-corrected chi connectivity index (χ2v) is 10.1. The van der Waals surface area contributed by atoms with Crippen LogP contribution >= 0.6 is 0 Å².